The molecule has 0 fully saturated rings. The summed E-state index contributed by atoms with van der Waals surface area (Å²) in [6, 6.07) is 9.64. The van der Waals surface area contributed by atoms with Crippen molar-refractivity contribution >= 4 is 38.6 Å². The van der Waals surface area contributed by atoms with E-state index in [1.54, 1.807) is 37.4 Å². The standard InChI is InChI=1S/C11H10ClNO3S2/c1-16-9-4-2-8(3-5-9)13-18(14,15)11-7-6-10(12)17-11/h2-7,13H,1H3. The zero-order valence-corrected chi connectivity index (χ0v) is 11.8. The van der Waals surface area contributed by atoms with E-state index in [4.69, 9.17) is 16.3 Å². The van der Waals surface area contributed by atoms with Gasteiger partial charge in [-0.1, -0.05) is 11.6 Å². The molecule has 0 aliphatic carbocycles. The fourth-order valence-electron chi connectivity index (χ4n) is 1.31. The predicted octanol–water partition coefficient (Wildman–Crippen LogP) is 3.21. The summed E-state index contributed by atoms with van der Waals surface area (Å²) in [4.78, 5) is 0. The summed E-state index contributed by atoms with van der Waals surface area (Å²) in [6.07, 6.45) is 0. The molecule has 0 atom stereocenters. The lowest BCUT2D eigenvalue weighted by Crippen LogP contribution is -2.11. The van der Waals surface area contributed by atoms with Crippen LogP contribution in [0.3, 0.4) is 0 Å². The minimum atomic E-state index is -3.57. The molecule has 0 amide bonds. The molecular formula is C11H10ClNO3S2. The average Bonchev–Trinajstić information content (AvgIpc) is 2.77. The Bertz CT molecular complexity index is 635. The van der Waals surface area contributed by atoms with E-state index < -0.39 is 10.0 Å². The third-order valence-electron chi connectivity index (χ3n) is 2.16. The lowest BCUT2D eigenvalue weighted by Gasteiger charge is -2.06. The van der Waals surface area contributed by atoms with Gasteiger partial charge in [-0.25, -0.2) is 8.42 Å². The number of sulfonamides is 1. The van der Waals surface area contributed by atoms with Crippen LogP contribution in [-0.2, 0) is 10.0 Å². The van der Waals surface area contributed by atoms with E-state index in [1.807, 2.05) is 0 Å². The quantitative estimate of drug-likeness (QED) is 0.943. The van der Waals surface area contributed by atoms with Gasteiger partial charge in [0.2, 0.25) is 0 Å². The number of hydrogen-bond acceptors (Lipinski definition) is 4. The molecule has 1 aromatic heterocycles. The zero-order chi connectivity index (χ0) is 13.2. The van der Waals surface area contributed by atoms with Crippen LogP contribution in [0.4, 0.5) is 5.69 Å². The van der Waals surface area contributed by atoms with Crippen molar-refractivity contribution in [2.75, 3.05) is 11.8 Å². The molecule has 0 unspecified atom stereocenters. The maximum Gasteiger partial charge on any atom is 0.271 e. The van der Waals surface area contributed by atoms with Crippen LogP contribution >= 0.6 is 22.9 Å². The van der Waals surface area contributed by atoms with Crippen LogP contribution in [0.1, 0.15) is 0 Å². The van der Waals surface area contributed by atoms with Gasteiger partial charge in [-0.15, -0.1) is 11.3 Å². The van der Waals surface area contributed by atoms with Crippen LogP contribution in [-0.4, -0.2) is 15.5 Å². The molecule has 2 aromatic rings. The normalized spacial score (nSPS) is 11.2. The zero-order valence-electron chi connectivity index (χ0n) is 9.38. The smallest absolute Gasteiger partial charge is 0.271 e. The van der Waals surface area contributed by atoms with E-state index in [1.165, 1.54) is 6.07 Å². The van der Waals surface area contributed by atoms with Gasteiger partial charge in [0.15, 0.2) is 0 Å². The van der Waals surface area contributed by atoms with Gasteiger partial charge in [0.25, 0.3) is 10.0 Å². The Morgan fingerprint density at radius 3 is 2.33 bits per heavy atom. The van der Waals surface area contributed by atoms with Crippen LogP contribution in [0, 0.1) is 0 Å². The Balaban J connectivity index is 2.22. The van der Waals surface area contributed by atoms with E-state index in [2.05, 4.69) is 4.72 Å². The number of anilines is 1. The van der Waals surface area contributed by atoms with Crippen molar-refractivity contribution in [3.63, 3.8) is 0 Å². The van der Waals surface area contributed by atoms with E-state index in [0.29, 0.717) is 15.8 Å². The number of benzene rings is 1. The minimum absolute atomic E-state index is 0.184. The molecular weight excluding hydrogens is 294 g/mol. The fourth-order valence-corrected chi connectivity index (χ4v) is 3.85. The molecule has 2 rings (SSSR count). The second kappa shape index (κ2) is 5.17. The average molecular weight is 304 g/mol. The number of thiophene rings is 1. The van der Waals surface area contributed by atoms with Crippen LogP contribution < -0.4 is 9.46 Å². The topological polar surface area (TPSA) is 55.4 Å². The van der Waals surface area contributed by atoms with Gasteiger partial charge in [-0.05, 0) is 36.4 Å². The summed E-state index contributed by atoms with van der Waals surface area (Å²) >= 11 is 6.73. The van der Waals surface area contributed by atoms with Crippen LogP contribution in [0.25, 0.3) is 0 Å². The molecule has 1 N–H and O–H groups in total. The number of nitrogens with one attached hydrogen (secondary N) is 1. The number of rotatable bonds is 4. The summed E-state index contributed by atoms with van der Waals surface area (Å²) in [5, 5.41) is 0. The SMILES string of the molecule is COc1ccc(NS(=O)(=O)c2ccc(Cl)s2)cc1. The first kappa shape index (κ1) is 13.2. The molecule has 96 valence electrons. The molecule has 18 heavy (non-hydrogen) atoms. The van der Waals surface area contributed by atoms with E-state index in [9.17, 15) is 8.42 Å². The predicted molar refractivity (Wildman–Crippen MR) is 73.1 cm³/mol. The number of halogens is 1. The largest absolute Gasteiger partial charge is 0.497 e. The highest BCUT2D eigenvalue weighted by molar-refractivity contribution is 7.94. The first-order chi connectivity index (χ1) is 8.51. The lowest BCUT2D eigenvalue weighted by atomic mass is 10.3. The molecule has 1 aromatic carbocycles. The van der Waals surface area contributed by atoms with Crippen LogP contribution in [0.15, 0.2) is 40.6 Å². The Morgan fingerprint density at radius 2 is 1.83 bits per heavy atom. The van der Waals surface area contributed by atoms with E-state index >= 15 is 0 Å². The van der Waals surface area contributed by atoms with Gasteiger partial charge in [-0.2, -0.15) is 0 Å². The van der Waals surface area contributed by atoms with Crippen molar-refractivity contribution in [2.24, 2.45) is 0 Å². The summed E-state index contributed by atoms with van der Waals surface area (Å²) in [7, 11) is -2.02. The van der Waals surface area contributed by atoms with Gasteiger partial charge in [0, 0.05) is 5.69 Å². The van der Waals surface area contributed by atoms with Gasteiger partial charge >= 0.3 is 0 Å². The Hall–Kier alpha value is -1.24. The molecule has 7 heteroatoms. The number of methoxy groups -OCH3 is 1. The summed E-state index contributed by atoms with van der Waals surface area (Å²) in [6.45, 7) is 0. The first-order valence-corrected chi connectivity index (χ1v) is 7.61. The van der Waals surface area contributed by atoms with Crippen LogP contribution in [0.2, 0.25) is 4.34 Å². The molecule has 4 nitrogen and oxygen atoms in total. The second-order valence-corrected chi connectivity index (χ2v) is 7.02. The van der Waals surface area contributed by atoms with Crippen molar-refractivity contribution in [3.05, 3.63) is 40.7 Å². The molecule has 0 saturated carbocycles. The summed E-state index contributed by atoms with van der Waals surface area (Å²) in [5.74, 6) is 0.664. The van der Waals surface area contributed by atoms with Crippen molar-refractivity contribution in [2.45, 2.75) is 4.21 Å². The highest BCUT2D eigenvalue weighted by Crippen LogP contribution is 2.27. The van der Waals surface area contributed by atoms with Gasteiger partial charge in [0.05, 0.1) is 11.4 Å². The van der Waals surface area contributed by atoms with Gasteiger partial charge < -0.3 is 4.74 Å². The maximum atomic E-state index is 12.0. The third-order valence-corrected chi connectivity index (χ3v) is 5.26. The molecule has 0 spiro atoms. The molecule has 0 radical (unpaired) electrons. The van der Waals surface area contributed by atoms with Crippen molar-refractivity contribution in [1.82, 2.24) is 0 Å². The van der Waals surface area contributed by atoms with Gasteiger partial charge in [0.1, 0.15) is 9.96 Å². The van der Waals surface area contributed by atoms with Crippen molar-refractivity contribution < 1.29 is 13.2 Å². The molecule has 0 bridgehead atoms. The van der Waals surface area contributed by atoms with Crippen molar-refractivity contribution in [3.8, 4) is 5.75 Å². The molecule has 0 saturated heterocycles. The maximum absolute atomic E-state index is 12.0. The lowest BCUT2D eigenvalue weighted by molar-refractivity contribution is 0.415. The monoisotopic (exact) mass is 303 g/mol. The minimum Gasteiger partial charge on any atom is -0.497 e. The van der Waals surface area contributed by atoms with Gasteiger partial charge in [-0.3, -0.25) is 4.72 Å². The van der Waals surface area contributed by atoms with Crippen LogP contribution in [0.5, 0.6) is 5.75 Å². The Morgan fingerprint density at radius 1 is 1.17 bits per heavy atom. The summed E-state index contributed by atoms with van der Waals surface area (Å²) in [5.41, 5.74) is 0.473. The summed E-state index contributed by atoms with van der Waals surface area (Å²) < 4.78 is 32.0. The molecule has 0 aliphatic rings. The van der Waals surface area contributed by atoms with E-state index in [-0.39, 0.29) is 4.21 Å². The first-order valence-electron chi connectivity index (χ1n) is 4.93. The Kier molecular flexibility index (Phi) is 3.79. The highest BCUT2D eigenvalue weighted by Gasteiger charge is 2.16. The molecule has 0 aliphatic heterocycles. The van der Waals surface area contributed by atoms with E-state index in [0.717, 1.165) is 11.3 Å². The second-order valence-electron chi connectivity index (χ2n) is 3.39. The third kappa shape index (κ3) is 2.95. The highest BCUT2D eigenvalue weighted by atomic mass is 35.5. The Labute approximate surface area is 114 Å². The van der Waals surface area contributed by atoms with Crippen molar-refractivity contribution in [1.29, 1.82) is 0 Å². The molecule has 1 heterocycles. The number of ether oxygens (including phenoxy) is 1. The number of hydrogen-bond donors (Lipinski definition) is 1. The fraction of sp³-hybridized carbons (Fsp3) is 0.0909.